The van der Waals surface area contributed by atoms with Crippen molar-refractivity contribution in [1.29, 1.82) is 0 Å². The molecule has 10 heteroatoms. The van der Waals surface area contributed by atoms with Crippen LogP contribution < -0.4 is 0 Å². The van der Waals surface area contributed by atoms with Gasteiger partial charge in [0.05, 0.1) is 0 Å². The van der Waals surface area contributed by atoms with Gasteiger partial charge in [-0.3, -0.25) is 0 Å². The van der Waals surface area contributed by atoms with Crippen LogP contribution in [0.1, 0.15) is 46.0 Å². The molecule has 3 atom stereocenters. The van der Waals surface area contributed by atoms with Crippen molar-refractivity contribution < 1.29 is 39.5 Å². The van der Waals surface area contributed by atoms with Gasteiger partial charge in [0.1, 0.15) is 0 Å². The molecule has 0 bridgehead atoms. The summed E-state index contributed by atoms with van der Waals surface area (Å²) in [7, 11) is 0. The van der Waals surface area contributed by atoms with Crippen molar-refractivity contribution in [2.75, 3.05) is 0 Å². The zero-order valence-corrected chi connectivity index (χ0v) is 14.6. The second-order valence-electron chi connectivity index (χ2n) is 5.31. The molecule has 0 aromatic rings. The fraction of sp³-hybridized carbons (Fsp3) is 1.00. The first-order valence-electron chi connectivity index (χ1n) is 7.02. The van der Waals surface area contributed by atoms with E-state index in [4.69, 9.17) is 0 Å². The Morgan fingerprint density at radius 3 is 1.57 bits per heavy atom. The molecule has 0 nitrogen and oxygen atoms in total. The van der Waals surface area contributed by atoms with E-state index in [1.807, 2.05) is 0 Å². The molecule has 0 radical (unpaired) electrons. The highest BCUT2D eigenvalue weighted by molar-refractivity contribution is 14.1. The van der Waals surface area contributed by atoms with Gasteiger partial charge in [-0.2, -0.15) is 35.1 Å². The molecule has 3 unspecified atom stereocenters. The first-order valence-corrected chi connectivity index (χ1v) is 8.27. The molecule has 0 spiro atoms. The van der Waals surface area contributed by atoms with Crippen LogP contribution in [0, 0.1) is 5.92 Å². The minimum Gasteiger partial charge on any atom is -0.226 e. The van der Waals surface area contributed by atoms with Gasteiger partial charge in [-0.05, 0) is 12.8 Å². The molecule has 0 aromatic heterocycles. The third-order valence-corrected chi connectivity index (χ3v) is 5.19. The van der Waals surface area contributed by atoms with E-state index >= 15 is 0 Å². The summed E-state index contributed by atoms with van der Waals surface area (Å²) in [6, 6.07) is 0. The summed E-state index contributed by atoms with van der Waals surface area (Å²) >= 11 is 1.34. The highest BCUT2D eigenvalue weighted by Gasteiger charge is 2.83. The van der Waals surface area contributed by atoms with Crippen molar-refractivity contribution in [3.63, 3.8) is 0 Å². The number of halogens is 10. The average Bonchev–Trinajstić information content (AvgIpc) is 2.36. The highest BCUT2D eigenvalue weighted by Crippen LogP contribution is 2.58. The van der Waals surface area contributed by atoms with Crippen LogP contribution in [0.2, 0.25) is 0 Å². The molecule has 140 valence electrons. The van der Waals surface area contributed by atoms with E-state index in [2.05, 4.69) is 0 Å². The number of unbranched alkanes of at least 4 members (excludes halogenated alkanes) is 2. The first-order chi connectivity index (χ1) is 10.2. The molecule has 0 aromatic carbocycles. The average molecular weight is 472 g/mol. The van der Waals surface area contributed by atoms with Crippen LogP contribution in [0.25, 0.3) is 0 Å². The SMILES string of the molecule is CCCCCC(I)C(CC)C(F)(C(F)(F)F)C(F)(F)C(F)(F)F. The van der Waals surface area contributed by atoms with Crippen LogP contribution in [-0.2, 0) is 0 Å². The van der Waals surface area contributed by atoms with Gasteiger partial charge in [-0.15, -0.1) is 0 Å². The van der Waals surface area contributed by atoms with E-state index in [9.17, 15) is 39.5 Å². The lowest BCUT2D eigenvalue weighted by atomic mass is 9.77. The van der Waals surface area contributed by atoms with Gasteiger partial charge in [0.15, 0.2) is 0 Å². The van der Waals surface area contributed by atoms with Crippen LogP contribution in [-0.4, -0.2) is 27.9 Å². The van der Waals surface area contributed by atoms with Crippen LogP contribution in [0.15, 0.2) is 0 Å². The molecule has 0 aliphatic rings. The van der Waals surface area contributed by atoms with Gasteiger partial charge in [0, 0.05) is 9.84 Å². The molecule has 0 fully saturated rings. The summed E-state index contributed by atoms with van der Waals surface area (Å²) in [5, 5.41) is 0. The van der Waals surface area contributed by atoms with E-state index in [0.29, 0.717) is 19.3 Å². The van der Waals surface area contributed by atoms with Crippen molar-refractivity contribution in [1.82, 2.24) is 0 Å². The zero-order chi connectivity index (χ0) is 18.7. The highest BCUT2D eigenvalue weighted by atomic mass is 127. The summed E-state index contributed by atoms with van der Waals surface area (Å²) in [5.74, 6) is -9.02. The zero-order valence-electron chi connectivity index (χ0n) is 12.5. The summed E-state index contributed by atoms with van der Waals surface area (Å²) in [6.07, 6.45) is -12.3. The Hall–Kier alpha value is 0.1000. The van der Waals surface area contributed by atoms with Crippen molar-refractivity contribution in [3.8, 4) is 0 Å². The Morgan fingerprint density at radius 2 is 1.26 bits per heavy atom. The molecule has 0 saturated heterocycles. The molecule has 0 aliphatic heterocycles. The maximum Gasteiger partial charge on any atom is 0.457 e. The van der Waals surface area contributed by atoms with Crippen LogP contribution in [0.5, 0.6) is 0 Å². The van der Waals surface area contributed by atoms with E-state index in [1.54, 1.807) is 6.92 Å². The number of hydrogen-bond acceptors (Lipinski definition) is 0. The molecule has 0 heterocycles. The maximum absolute atomic E-state index is 14.4. The minimum absolute atomic E-state index is 0.0669. The van der Waals surface area contributed by atoms with Gasteiger partial charge in [0.2, 0.25) is 0 Å². The van der Waals surface area contributed by atoms with Gasteiger partial charge < -0.3 is 0 Å². The van der Waals surface area contributed by atoms with Crippen molar-refractivity contribution in [2.24, 2.45) is 5.92 Å². The van der Waals surface area contributed by atoms with Crippen molar-refractivity contribution >= 4 is 22.6 Å². The largest absolute Gasteiger partial charge is 0.457 e. The van der Waals surface area contributed by atoms with E-state index in [-0.39, 0.29) is 6.42 Å². The Kier molecular flexibility index (Phi) is 8.02. The summed E-state index contributed by atoms with van der Waals surface area (Å²) in [6.45, 7) is 2.76. The Morgan fingerprint density at radius 1 is 0.783 bits per heavy atom. The third kappa shape index (κ3) is 4.59. The lowest BCUT2D eigenvalue weighted by molar-refractivity contribution is -0.395. The molecule has 0 saturated carbocycles. The van der Waals surface area contributed by atoms with Crippen LogP contribution >= 0.6 is 22.6 Å². The quantitative estimate of drug-likeness (QED) is 0.157. The molecular formula is C13H18F9I. The molecule has 0 aliphatic carbocycles. The molecule has 0 amide bonds. The minimum atomic E-state index is -6.63. The molecule has 0 rings (SSSR count). The van der Waals surface area contributed by atoms with Crippen molar-refractivity contribution in [3.05, 3.63) is 0 Å². The van der Waals surface area contributed by atoms with E-state index < -0.39 is 40.2 Å². The summed E-state index contributed by atoms with van der Waals surface area (Å²) in [4.78, 5) is 0. The molecule has 0 N–H and O–H groups in total. The summed E-state index contributed by atoms with van der Waals surface area (Å²) < 4.78 is 116. The predicted molar refractivity (Wildman–Crippen MR) is 76.6 cm³/mol. The second kappa shape index (κ2) is 7.99. The smallest absolute Gasteiger partial charge is 0.226 e. The Bertz CT molecular complexity index is 363. The fourth-order valence-corrected chi connectivity index (χ4v) is 3.85. The van der Waals surface area contributed by atoms with Crippen LogP contribution in [0.4, 0.5) is 39.5 Å². The van der Waals surface area contributed by atoms with Crippen molar-refractivity contribution in [2.45, 2.75) is 73.8 Å². The van der Waals surface area contributed by atoms with Gasteiger partial charge >= 0.3 is 18.3 Å². The topological polar surface area (TPSA) is 0 Å². The van der Waals surface area contributed by atoms with Crippen LogP contribution in [0.3, 0.4) is 0 Å². The van der Waals surface area contributed by atoms with Gasteiger partial charge in [0.25, 0.3) is 5.67 Å². The second-order valence-corrected chi connectivity index (χ2v) is 6.91. The Balaban J connectivity index is 5.86. The maximum atomic E-state index is 14.4. The summed E-state index contributed by atoms with van der Waals surface area (Å²) in [5.41, 5.74) is -5.66. The number of rotatable bonds is 8. The first kappa shape index (κ1) is 23.1. The monoisotopic (exact) mass is 472 g/mol. The number of alkyl halides is 10. The fourth-order valence-electron chi connectivity index (χ4n) is 2.40. The van der Waals surface area contributed by atoms with Gasteiger partial charge in [-0.25, -0.2) is 4.39 Å². The molecular weight excluding hydrogens is 454 g/mol. The third-order valence-electron chi connectivity index (χ3n) is 3.70. The standard InChI is InChI=1S/C13H18F9I/c1-3-5-6-7-9(23)8(4-2)10(14,12(17,18)19)11(15,16)13(20,21)22/h8-9H,3-7H2,1-2H3. The normalized spacial score (nSPS) is 19.3. The lowest BCUT2D eigenvalue weighted by Gasteiger charge is -2.42. The number of hydrogen-bond donors (Lipinski definition) is 0. The molecule has 23 heavy (non-hydrogen) atoms. The predicted octanol–water partition coefficient (Wildman–Crippen LogP) is 6.86. The lowest BCUT2D eigenvalue weighted by Crippen LogP contribution is -2.67. The van der Waals surface area contributed by atoms with Gasteiger partial charge in [-0.1, -0.05) is 55.7 Å². The van der Waals surface area contributed by atoms with E-state index in [1.165, 1.54) is 22.6 Å². The van der Waals surface area contributed by atoms with E-state index in [0.717, 1.165) is 6.92 Å². The Labute approximate surface area is 142 Å².